The zero-order chi connectivity index (χ0) is 24.0. The van der Waals surface area contributed by atoms with Crippen molar-refractivity contribution in [1.82, 2.24) is 9.21 Å². The van der Waals surface area contributed by atoms with Gasteiger partial charge in [-0.05, 0) is 29.8 Å². The SMILES string of the molecule is O=C(c1ccccc1OCc1ccccc1Cl)N1CCN(S(=O)(=O)C=Cc2ccccc2)CC1. The van der Waals surface area contributed by atoms with Gasteiger partial charge in [0.25, 0.3) is 5.91 Å². The van der Waals surface area contributed by atoms with Crippen LogP contribution in [0.4, 0.5) is 0 Å². The lowest BCUT2D eigenvalue weighted by molar-refractivity contribution is 0.0693. The number of halogens is 1. The second kappa shape index (κ2) is 10.9. The Kier molecular flexibility index (Phi) is 7.67. The molecule has 0 bridgehead atoms. The second-order valence-corrected chi connectivity index (χ2v) is 10.1. The third kappa shape index (κ3) is 5.86. The van der Waals surface area contributed by atoms with Gasteiger partial charge in [-0.15, -0.1) is 0 Å². The number of amides is 1. The van der Waals surface area contributed by atoms with Crippen molar-refractivity contribution in [2.75, 3.05) is 26.2 Å². The fraction of sp³-hybridized carbons (Fsp3) is 0.192. The van der Waals surface area contributed by atoms with Gasteiger partial charge >= 0.3 is 0 Å². The molecule has 0 radical (unpaired) electrons. The van der Waals surface area contributed by atoms with Crippen LogP contribution in [0, 0.1) is 0 Å². The highest BCUT2D eigenvalue weighted by molar-refractivity contribution is 7.92. The molecule has 1 aliphatic rings. The van der Waals surface area contributed by atoms with E-state index in [4.69, 9.17) is 16.3 Å². The van der Waals surface area contributed by atoms with E-state index in [0.717, 1.165) is 11.1 Å². The number of benzene rings is 3. The summed E-state index contributed by atoms with van der Waals surface area (Å²) in [7, 11) is -3.57. The molecular weight excluding hydrogens is 472 g/mol. The summed E-state index contributed by atoms with van der Waals surface area (Å²) in [6.45, 7) is 1.31. The summed E-state index contributed by atoms with van der Waals surface area (Å²) in [5, 5.41) is 1.82. The van der Waals surface area contributed by atoms with Crippen molar-refractivity contribution in [2.24, 2.45) is 0 Å². The van der Waals surface area contributed by atoms with Crippen LogP contribution in [0.25, 0.3) is 6.08 Å². The van der Waals surface area contributed by atoms with E-state index < -0.39 is 10.0 Å². The van der Waals surface area contributed by atoms with Gasteiger partial charge < -0.3 is 9.64 Å². The first-order chi connectivity index (χ1) is 16.4. The average molecular weight is 497 g/mol. The fourth-order valence-corrected chi connectivity index (χ4v) is 5.03. The highest BCUT2D eigenvalue weighted by atomic mass is 35.5. The van der Waals surface area contributed by atoms with Crippen molar-refractivity contribution in [3.8, 4) is 5.75 Å². The van der Waals surface area contributed by atoms with Crippen LogP contribution in [0.1, 0.15) is 21.5 Å². The predicted octanol–water partition coefficient (Wildman–Crippen LogP) is 4.68. The van der Waals surface area contributed by atoms with Crippen molar-refractivity contribution < 1.29 is 17.9 Å². The van der Waals surface area contributed by atoms with Gasteiger partial charge in [0.1, 0.15) is 12.4 Å². The van der Waals surface area contributed by atoms with Gasteiger partial charge in [0.05, 0.1) is 5.56 Å². The minimum atomic E-state index is -3.57. The number of hydrogen-bond donors (Lipinski definition) is 0. The van der Waals surface area contributed by atoms with Gasteiger partial charge in [0.2, 0.25) is 10.0 Å². The molecule has 0 aliphatic carbocycles. The fourth-order valence-electron chi connectivity index (χ4n) is 3.67. The van der Waals surface area contributed by atoms with E-state index in [2.05, 4.69) is 0 Å². The molecule has 0 unspecified atom stereocenters. The van der Waals surface area contributed by atoms with Crippen molar-refractivity contribution in [1.29, 1.82) is 0 Å². The Morgan fingerprint density at radius 3 is 2.26 bits per heavy atom. The Hall–Kier alpha value is -3.13. The van der Waals surface area contributed by atoms with Gasteiger partial charge in [-0.2, -0.15) is 4.31 Å². The minimum Gasteiger partial charge on any atom is -0.488 e. The number of rotatable bonds is 7. The van der Waals surface area contributed by atoms with Gasteiger partial charge in [0, 0.05) is 42.2 Å². The maximum absolute atomic E-state index is 13.2. The van der Waals surface area contributed by atoms with Crippen LogP contribution < -0.4 is 4.74 Å². The van der Waals surface area contributed by atoms with Crippen LogP contribution in [0.15, 0.2) is 84.3 Å². The third-order valence-electron chi connectivity index (χ3n) is 5.58. The molecule has 0 atom stereocenters. The van der Waals surface area contributed by atoms with E-state index in [1.165, 1.54) is 9.71 Å². The predicted molar refractivity (Wildman–Crippen MR) is 134 cm³/mol. The van der Waals surface area contributed by atoms with Crippen LogP contribution in [0.3, 0.4) is 0 Å². The van der Waals surface area contributed by atoms with E-state index >= 15 is 0 Å². The first-order valence-corrected chi connectivity index (χ1v) is 12.8. The smallest absolute Gasteiger partial charge is 0.257 e. The number of ether oxygens (including phenoxy) is 1. The molecule has 0 N–H and O–H groups in total. The quantitative estimate of drug-likeness (QED) is 0.476. The van der Waals surface area contributed by atoms with Crippen molar-refractivity contribution in [2.45, 2.75) is 6.61 Å². The first kappa shape index (κ1) is 24.0. The number of piperazine rings is 1. The Morgan fingerprint density at radius 2 is 1.53 bits per heavy atom. The molecule has 1 saturated heterocycles. The number of hydrogen-bond acceptors (Lipinski definition) is 4. The summed E-state index contributed by atoms with van der Waals surface area (Å²) in [4.78, 5) is 14.9. The zero-order valence-corrected chi connectivity index (χ0v) is 20.1. The monoisotopic (exact) mass is 496 g/mol. The Bertz CT molecular complexity index is 1270. The number of nitrogens with zero attached hydrogens (tertiary/aromatic N) is 2. The molecule has 0 aromatic heterocycles. The molecule has 3 aromatic carbocycles. The average Bonchev–Trinajstić information content (AvgIpc) is 2.87. The highest BCUT2D eigenvalue weighted by Gasteiger charge is 2.29. The largest absolute Gasteiger partial charge is 0.488 e. The molecule has 0 spiro atoms. The summed E-state index contributed by atoms with van der Waals surface area (Å²) < 4.78 is 32.7. The van der Waals surface area contributed by atoms with Gasteiger partial charge in [-0.3, -0.25) is 4.79 Å². The Labute approximate surface area is 205 Å². The second-order valence-electron chi connectivity index (χ2n) is 7.83. The first-order valence-electron chi connectivity index (χ1n) is 10.9. The molecule has 1 fully saturated rings. The molecule has 8 heteroatoms. The van der Waals surface area contributed by atoms with Crippen LogP contribution in [0.2, 0.25) is 5.02 Å². The number of sulfonamides is 1. The number of para-hydroxylation sites is 1. The van der Waals surface area contributed by atoms with E-state index in [9.17, 15) is 13.2 Å². The summed E-state index contributed by atoms with van der Waals surface area (Å²) >= 11 is 6.21. The van der Waals surface area contributed by atoms with Gasteiger partial charge in [-0.1, -0.05) is 72.3 Å². The van der Waals surface area contributed by atoms with Crippen LogP contribution in [0.5, 0.6) is 5.75 Å². The molecule has 1 aliphatic heterocycles. The van der Waals surface area contributed by atoms with Crippen LogP contribution in [-0.4, -0.2) is 49.7 Å². The summed E-state index contributed by atoms with van der Waals surface area (Å²) in [6, 6.07) is 23.7. The van der Waals surface area contributed by atoms with Crippen LogP contribution in [-0.2, 0) is 16.6 Å². The van der Waals surface area contributed by atoms with Crippen LogP contribution >= 0.6 is 11.6 Å². The van der Waals surface area contributed by atoms with E-state index in [0.29, 0.717) is 29.4 Å². The minimum absolute atomic E-state index is 0.188. The van der Waals surface area contributed by atoms with Crippen molar-refractivity contribution >= 4 is 33.6 Å². The third-order valence-corrected chi connectivity index (χ3v) is 7.51. The topological polar surface area (TPSA) is 66.9 Å². The van der Waals surface area contributed by atoms with Crippen molar-refractivity contribution in [3.63, 3.8) is 0 Å². The molecule has 1 amide bonds. The molecular formula is C26H25ClN2O4S. The Morgan fingerprint density at radius 1 is 0.882 bits per heavy atom. The number of carbonyl (C=O) groups excluding carboxylic acids is 1. The lowest BCUT2D eigenvalue weighted by Gasteiger charge is -2.33. The zero-order valence-electron chi connectivity index (χ0n) is 18.5. The molecule has 6 nitrogen and oxygen atoms in total. The van der Waals surface area contributed by atoms with E-state index in [1.54, 1.807) is 35.2 Å². The molecule has 4 rings (SSSR count). The lowest BCUT2D eigenvalue weighted by Crippen LogP contribution is -2.50. The van der Waals surface area contributed by atoms with Gasteiger partial charge in [-0.25, -0.2) is 8.42 Å². The van der Waals surface area contributed by atoms with Crippen molar-refractivity contribution in [3.05, 3.63) is 106 Å². The highest BCUT2D eigenvalue weighted by Crippen LogP contribution is 2.24. The lowest BCUT2D eigenvalue weighted by atomic mass is 10.1. The standard InChI is InChI=1S/C26H25ClN2O4S/c27-24-12-6-4-10-22(24)20-33-25-13-7-5-11-23(25)26(30)28-15-17-29(18-16-28)34(31,32)19-14-21-8-2-1-3-9-21/h1-14,19H,15-18,20H2. The molecule has 176 valence electrons. The van der Waals surface area contributed by atoms with E-state index in [1.807, 2.05) is 54.6 Å². The molecule has 3 aromatic rings. The van der Waals surface area contributed by atoms with E-state index in [-0.39, 0.29) is 25.6 Å². The summed E-state index contributed by atoms with van der Waals surface area (Å²) in [5.74, 6) is 0.278. The molecule has 34 heavy (non-hydrogen) atoms. The Balaban J connectivity index is 1.39. The number of carbonyl (C=O) groups is 1. The maximum Gasteiger partial charge on any atom is 0.257 e. The molecule has 0 saturated carbocycles. The normalized spacial score (nSPS) is 14.9. The molecule has 1 heterocycles. The summed E-state index contributed by atoms with van der Waals surface area (Å²) in [5.41, 5.74) is 2.08. The summed E-state index contributed by atoms with van der Waals surface area (Å²) in [6.07, 6.45) is 1.58. The maximum atomic E-state index is 13.2. The van der Waals surface area contributed by atoms with Gasteiger partial charge in [0.15, 0.2) is 0 Å².